The Morgan fingerprint density at radius 2 is 1.61 bits per heavy atom. The van der Waals surface area contributed by atoms with Gasteiger partial charge in [-0.05, 0) is 17.7 Å². The van der Waals surface area contributed by atoms with Gasteiger partial charge in [0, 0.05) is 12.1 Å². The standard InChI is InChI=1S/C15H16N2O6/c16-15(17)12-10(21)4-7(18)5-11(12)23-13(14(15)22)6-1-2-8(19)9(20)3-6/h1-5,13-14,18-22H,16-17H2. The van der Waals surface area contributed by atoms with E-state index in [9.17, 15) is 25.5 Å². The van der Waals surface area contributed by atoms with Crippen molar-refractivity contribution in [3.8, 4) is 28.7 Å². The van der Waals surface area contributed by atoms with Gasteiger partial charge in [-0.15, -0.1) is 0 Å². The van der Waals surface area contributed by atoms with E-state index in [1.165, 1.54) is 24.3 Å². The minimum absolute atomic E-state index is 0.00960. The molecule has 3 rings (SSSR count). The largest absolute Gasteiger partial charge is 0.508 e. The molecule has 122 valence electrons. The van der Waals surface area contributed by atoms with Crippen molar-refractivity contribution in [1.82, 2.24) is 0 Å². The van der Waals surface area contributed by atoms with Gasteiger partial charge in [-0.2, -0.15) is 0 Å². The van der Waals surface area contributed by atoms with Crippen LogP contribution >= 0.6 is 0 Å². The van der Waals surface area contributed by atoms with Crippen molar-refractivity contribution in [2.24, 2.45) is 11.5 Å². The second-order valence-corrected chi connectivity index (χ2v) is 5.50. The van der Waals surface area contributed by atoms with Crippen LogP contribution in [0.3, 0.4) is 0 Å². The van der Waals surface area contributed by atoms with E-state index in [4.69, 9.17) is 16.2 Å². The number of aliphatic hydroxyl groups is 1. The van der Waals surface area contributed by atoms with Gasteiger partial charge < -0.3 is 41.7 Å². The predicted molar refractivity (Wildman–Crippen MR) is 79.0 cm³/mol. The average molecular weight is 320 g/mol. The number of fused-ring (bicyclic) bond motifs is 1. The van der Waals surface area contributed by atoms with Crippen LogP contribution in [0.2, 0.25) is 0 Å². The van der Waals surface area contributed by atoms with E-state index in [1.54, 1.807) is 0 Å². The molecule has 1 heterocycles. The third-order valence-electron chi connectivity index (χ3n) is 3.86. The molecule has 8 heteroatoms. The van der Waals surface area contributed by atoms with Gasteiger partial charge in [-0.1, -0.05) is 6.07 Å². The lowest BCUT2D eigenvalue weighted by atomic mass is 9.85. The number of benzene rings is 2. The Labute approximate surface area is 130 Å². The minimum Gasteiger partial charge on any atom is -0.508 e. The Kier molecular flexibility index (Phi) is 3.25. The van der Waals surface area contributed by atoms with Crippen LogP contribution in [0, 0.1) is 0 Å². The summed E-state index contributed by atoms with van der Waals surface area (Å²) in [6, 6.07) is 6.10. The van der Waals surface area contributed by atoms with Gasteiger partial charge in [0.2, 0.25) is 0 Å². The first kappa shape index (κ1) is 15.2. The van der Waals surface area contributed by atoms with Crippen LogP contribution in [-0.2, 0) is 5.66 Å². The third-order valence-corrected chi connectivity index (χ3v) is 3.86. The lowest BCUT2D eigenvalue weighted by Crippen LogP contribution is -2.60. The van der Waals surface area contributed by atoms with Crippen LogP contribution in [0.1, 0.15) is 17.2 Å². The normalized spacial score (nSPS) is 22.2. The van der Waals surface area contributed by atoms with Crippen LogP contribution in [0.5, 0.6) is 28.7 Å². The Morgan fingerprint density at radius 3 is 2.26 bits per heavy atom. The molecule has 0 radical (unpaired) electrons. The molecule has 0 aliphatic carbocycles. The first-order chi connectivity index (χ1) is 10.7. The molecule has 1 aliphatic heterocycles. The van der Waals surface area contributed by atoms with E-state index in [-0.39, 0.29) is 22.8 Å². The maximum absolute atomic E-state index is 10.5. The van der Waals surface area contributed by atoms with E-state index in [1.807, 2.05) is 0 Å². The molecule has 2 unspecified atom stereocenters. The molecule has 0 amide bonds. The molecule has 8 nitrogen and oxygen atoms in total. The van der Waals surface area contributed by atoms with Crippen molar-refractivity contribution in [3.63, 3.8) is 0 Å². The van der Waals surface area contributed by atoms with Crippen molar-refractivity contribution in [2.45, 2.75) is 17.9 Å². The second kappa shape index (κ2) is 4.92. The monoisotopic (exact) mass is 320 g/mol. The summed E-state index contributed by atoms with van der Waals surface area (Å²) in [5.74, 6) is -1.39. The fraction of sp³-hybridized carbons (Fsp3) is 0.200. The van der Waals surface area contributed by atoms with Gasteiger partial charge in [0.25, 0.3) is 0 Å². The highest BCUT2D eigenvalue weighted by Gasteiger charge is 2.47. The SMILES string of the molecule is NC1(N)c2c(O)cc(O)cc2OC(c2ccc(O)c(O)c2)C1O. The molecule has 2 atom stereocenters. The summed E-state index contributed by atoms with van der Waals surface area (Å²) in [6.45, 7) is 0. The number of rotatable bonds is 1. The van der Waals surface area contributed by atoms with E-state index in [2.05, 4.69) is 0 Å². The molecule has 2 aromatic carbocycles. The van der Waals surface area contributed by atoms with E-state index < -0.39 is 29.4 Å². The van der Waals surface area contributed by atoms with Crippen molar-refractivity contribution in [3.05, 3.63) is 41.5 Å². The van der Waals surface area contributed by atoms with E-state index >= 15 is 0 Å². The van der Waals surface area contributed by atoms with Crippen molar-refractivity contribution in [1.29, 1.82) is 0 Å². The predicted octanol–water partition coefficient (Wildman–Crippen LogP) is 0.0738. The van der Waals surface area contributed by atoms with Crippen molar-refractivity contribution in [2.75, 3.05) is 0 Å². The first-order valence-electron chi connectivity index (χ1n) is 6.72. The van der Waals surface area contributed by atoms with Crippen LogP contribution < -0.4 is 16.2 Å². The first-order valence-corrected chi connectivity index (χ1v) is 6.72. The quantitative estimate of drug-likeness (QED) is 0.287. The van der Waals surface area contributed by atoms with Crippen LogP contribution in [0.4, 0.5) is 0 Å². The van der Waals surface area contributed by atoms with Crippen LogP contribution in [0.25, 0.3) is 0 Å². The van der Waals surface area contributed by atoms with Gasteiger partial charge in [0.1, 0.15) is 29.0 Å². The minimum atomic E-state index is -1.86. The van der Waals surface area contributed by atoms with Gasteiger partial charge >= 0.3 is 0 Å². The summed E-state index contributed by atoms with van der Waals surface area (Å²) in [6.07, 6.45) is -2.54. The average Bonchev–Trinajstić information content (AvgIpc) is 2.45. The smallest absolute Gasteiger partial charge is 0.157 e. The number of phenols is 4. The van der Waals surface area contributed by atoms with Crippen molar-refractivity contribution < 1.29 is 30.3 Å². The molecule has 1 aliphatic rings. The second-order valence-electron chi connectivity index (χ2n) is 5.50. The Morgan fingerprint density at radius 1 is 0.913 bits per heavy atom. The highest BCUT2D eigenvalue weighted by atomic mass is 16.5. The molecule has 23 heavy (non-hydrogen) atoms. The Balaban J connectivity index is 2.13. The number of aromatic hydroxyl groups is 4. The summed E-state index contributed by atoms with van der Waals surface area (Å²) in [4.78, 5) is 0. The molecule has 0 aromatic heterocycles. The molecule has 0 saturated heterocycles. The summed E-state index contributed by atoms with van der Waals surface area (Å²) in [7, 11) is 0. The fourth-order valence-electron chi connectivity index (χ4n) is 2.68. The van der Waals surface area contributed by atoms with Crippen LogP contribution in [-0.4, -0.2) is 31.6 Å². The maximum atomic E-state index is 10.5. The van der Waals surface area contributed by atoms with E-state index in [0.29, 0.717) is 5.56 Å². The summed E-state index contributed by atoms with van der Waals surface area (Å²) in [5.41, 5.74) is 10.4. The molecule has 9 N–H and O–H groups in total. The van der Waals surface area contributed by atoms with Gasteiger partial charge in [0.05, 0.1) is 5.56 Å². The van der Waals surface area contributed by atoms with E-state index in [0.717, 1.165) is 6.07 Å². The molecule has 0 saturated carbocycles. The van der Waals surface area contributed by atoms with Gasteiger partial charge in [-0.3, -0.25) is 0 Å². The molecular formula is C15H16N2O6. The summed E-state index contributed by atoms with van der Waals surface area (Å²) in [5, 5.41) is 49.0. The highest BCUT2D eigenvalue weighted by Crippen LogP contribution is 2.47. The van der Waals surface area contributed by atoms with Crippen LogP contribution in [0.15, 0.2) is 30.3 Å². The number of nitrogens with two attached hydrogens (primary N) is 2. The maximum Gasteiger partial charge on any atom is 0.157 e. The summed E-state index contributed by atoms with van der Waals surface area (Å²) >= 11 is 0. The van der Waals surface area contributed by atoms with Gasteiger partial charge in [-0.25, -0.2) is 0 Å². The number of hydrogen-bond acceptors (Lipinski definition) is 8. The highest BCUT2D eigenvalue weighted by molar-refractivity contribution is 5.55. The molecular weight excluding hydrogens is 304 g/mol. The van der Waals surface area contributed by atoms with Crippen molar-refractivity contribution >= 4 is 0 Å². The lowest BCUT2D eigenvalue weighted by Gasteiger charge is -2.41. The Bertz CT molecular complexity index is 777. The number of aliphatic hydroxyl groups excluding tert-OH is 1. The zero-order chi connectivity index (χ0) is 16.9. The fourth-order valence-corrected chi connectivity index (χ4v) is 2.68. The topological polar surface area (TPSA) is 162 Å². The molecule has 0 spiro atoms. The third kappa shape index (κ3) is 2.29. The zero-order valence-corrected chi connectivity index (χ0v) is 11.8. The number of phenolic OH excluding ortho intramolecular Hbond substituents is 4. The number of ether oxygens (including phenoxy) is 1. The van der Waals surface area contributed by atoms with Gasteiger partial charge in [0.15, 0.2) is 17.6 Å². The molecule has 0 bridgehead atoms. The number of hydrogen-bond donors (Lipinski definition) is 7. The lowest BCUT2D eigenvalue weighted by molar-refractivity contribution is -0.0385. The molecule has 0 fully saturated rings. The Hall–Kier alpha value is -2.68. The zero-order valence-electron chi connectivity index (χ0n) is 11.8. The summed E-state index contributed by atoms with van der Waals surface area (Å²) < 4.78 is 5.60. The molecule has 2 aromatic rings.